The van der Waals surface area contributed by atoms with Crippen LogP contribution in [0.2, 0.25) is 0 Å². The zero-order chi connectivity index (χ0) is 8.43. The summed E-state index contributed by atoms with van der Waals surface area (Å²) < 4.78 is 1.73. The molecule has 0 spiro atoms. The second kappa shape index (κ2) is 2.74. The van der Waals surface area contributed by atoms with Crippen LogP contribution in [0.15, 0.2) is 6.20 Å². The third-order valence-corrected chi connectivity index (χ3v) is 1.51. The highest BCUT2D eigenvalue weighted by molar-refractivity contribution is 5.85. The van der Waals surface area contributed by atoms with E-state index in [0.717, 1.165) is 12.2 Å². The van der Waals surface area contributed by atoms with Gasteiger partial charge in [0.1, 0.15) is 5.82 Å². The van der Waals surface area contributed by atoms with E-state index in [4.69, 9.17) is 5.11 Å². The van der Waals surface area contributed by atoms with Gasteiger partial charge in [-0.25, -0.2) is 9.78 Å². The minimum Gasteiger partial charge on any atom is -0.476 e. The van der Waals surface area contributed by atoms with E-state index in [1.54, 1.807) is 11.6 Å². The van der Waals surface area contributed by atoms with Crippen LogP contribution in [0, 0.1) is 0 Å². The number of imidazole rings is 1. The van der Waals surface area contributed by atoms with E-state index >= 15 is 0 Å². The smallest absolute Gasteiger partial charge is 0.356 e. The van der Waals surface area contributed by atoms with Crippen LogP contribution < -0.4 is 0 Å². The van der Waals surface area contributed by atoms with Crippen molar-refractivity contribution in [1.29, 1.82) is 0 Å². The number of carboxylic acids is 1. The maximum absolute atomic E-state index is 10.4. The van der Waals surface area contributed by atoms with E-state index in [-0.39, 0.29) is 5.69 Å². The molecule has 1 aromatic heterocycles. The molecule has 1 heterocycles. The quantitative estimate of drug-likeness (QED) is 0.681. The molecule has 1 N–H and O–H groups in total. The summed E-state index contributed by atoms with van der Waals surface area (Å²) >= 11 is 0. The molecule has 0 saturated carbocycles. The van der Waals surface area contributed by atoms with E-state index < -0.39 is 5.97 Å². The van der Waals surface area contributed by atoms with Gasteiger partial charge in [0, 0.05) is 19.7 Å². The number of nitrogens with zero attached hydrogens (tertiary/aromatic N) is 2. The predicted molar refractivity (Wildman–Crippen MR) is 39.5 cm³/mol. The first-order valence-corrected chi connectivity index (χ1v) is 3.40. The van der Waals surface area contributed by atoms with Gasteiger partial charge in [0.2, 0.25) is 0 Å². The number of hydrogen-bond donors (Lipinski definition) is 1. The molecule has 4 heteroatoms. The third kappa shape index (κ3) is 1.39. The topological polar surface area (TPSA) is 55.1 Å². The highest BCUT2D eigenvalue weighted by atomic mass is 16.4. The summed E-state index contributed by atoms with van der Waals surface area (Å²) in [6.45, 7) is 1.94. The van der Waals surface area contributed by atoms with Crippen molar-refractivity contribution in [3.63, 3.8) is 0 Å². The van der Waals surface area contributed by atoms with Crippen LogP contribution in [-0.2, 0) is 13.5 Å². The molecule has 0 unspecified atom stereocenters. The summed E-state index contributed by atoms with van der Waals surface area (Å²) in [6.07, 6.45) is 2.27. The van der Waals surface area contributed by atoms with Gasteiger partial charge in [-0.2, -0.15) is 0 Å². The Morgan fingerprint density at radius 1 is 1.82 bits per heavy atom. The number of rotatable bonds is 2. The van der Waals surface area contributed by atoms with Crippen molar-refractivity contribution in [2.24, 2.45) is 7.05 Å². The lowest BCUT2D eigenvalue weighted by Gasteiger charge is -1.92. The SMILES string of the molecule is CCc1nc(C(=O)O)cn1C. The summed E-state index contributed by atoms with van der Waals surface area (Å²) in [5.74, 6) is -0.178. The lowest BCUT2D eigenvalue weighted by atomic mass is 10.4. The molecule has 0 bridgehead atoms. The molecule has 1 aromatic rings. The fraction of sp³-hybridized carbons (Fsp3) is 0.429. The van der Waals surface area contributed by atoms with E-state index in [1.807, 2.05) is 6.92 Å². The summed E-state index contributed by atoms with van der Waals surface area (Å²) in [6, 6.07) is 0. The van der Waals surface area contributed by atoms with E-state index in [1.165, 1.54) is 6.20 Å². The average Bonchev–Trinajstić information content (AvgIpc) is 2.31. The van der Waals surface area contributed by atoms with Gasteiger partial charge in [0.25, 0.3) is 0 Å². The molecule has 0 aliphatic carbocycles. The molecule has 60 valence electrons. The van der Waals surface area contributed by atoms with Crippen molar-refractivity contribution in [3.8, 4) is 0 Å². The largest absolute Gasteiger partial charge is 0.476 e. The zero-order valence-electron chi connectivity index (χ0n) is 6.53. The zero-order valence-corrected chi connectivity index (χ0v) is 6.53. The Hall–Kier alpha value is -1.32. The van der Waals surface area contributed by atoms with Gasteiger partial charge in [-0.3, -0.25) is 0 Å². The van der Waals surface area contributed by atoms with Gasteiger partial charge >= 0.3 is 5.97 Å². The van der Waals surface area contributed by atoms with Crippen molar-refractivity contribution in [2.45, 2.75) is 13.3 Å². The molecule has 1 rings (SSSR count). The second-order valence-corrected chi connectivity index (χ2v) is 2.31. The fourth-order valence-corrected chi connectivity index (χ4v) is 0.936. The van der Waals surface area contributed by atoms with Crippen LogP contribution in [-0.4, -0.2) is 20.6 Å². The minimum absolute atomic E-state index is 0.115. The first-order valence-electron chi connectivity index (χ1n) is 3.40. The van der Waals surface area contributed by atoms with Gasteiger partial charge in [-0.15, -0.1) is 0 Å². The third-order valence-electron chi connectivity index (χ3n) is 1.51. The summed E-state index contributed by atoms with van der Waals surface area (Å²) in [4.78, 5) is 14.3. The number of aromatic nitrogens is 2. The van der Waals surface area contributed by atoms with Crippen LogP contribution in [0.1, 0.15) is 23.2 Å². The van der Waals surface area contributed by atoms with E-state index in [2.05, 4.69) is 4.98 Å². The standard InChI is InChI=1S/C7H10N2O2/c1-3-6-8-5(7(10)11)4-9(6)2/h4H,3H2,1-2H3,(H,10,11). The molecule has 0 aromatic carbocycles. The average molecular weight is 154 g/mol. The van der Waals surface area contributed by atoms with Gasteiger partial charge in [0.05, 0.1) is 0 Å². The van der Waals surface area contributed by atoms with Gasteiger partial charge in [-0.05, 0) is 0 Å². The summed E-state index contributed by atoms with van der Waals surface area (Å²) in [5.41, 5.74) is 0.115. The van der Waals surface area contributed by atoms with Crippen LogP contribution in [0.25, 0.3) is 0 Å². The number of aryl methyl sites for hydroxylation is 2. The van der Waals surface area contributed by atoms with Crippen molar-refractivity contribution in [3.05, 3.63) is 17.7 Å². The number of carboxylic acid groups (broad SMARTS) is 1. The Kier molecular flexibility index (Phi) is 1.94. The molecule has 4 nitrogen and oxygen atoms in total. The monoisotopic (exact) mass is 154 g/mol. The normalized spacial score (nSPS) is 10.0. The fourth-order valence-electron chi connectivity index (χ4n) is 0.936. The van der Waals surface area contributed by atoms with Gasteiger partial charge in [-0.1, -0.05) is 6.92 Å². The highest BCUT2D eigenvalue weighted by Crippen LogP contribution is 2.01. The first-order chi connectivity index (χ1) is 5.15. The Morgan fingerprint density at radius 2 is 2.45 bits per heavy atom. The molecule has 0 atom stereocenters. The number of carbonyl (C=O) groups is 1. The molecule has 0 aliphatic heterocycles. The molecule has 0 radical (unpaired) electrons. The van der Waals surface area contributed by atoms with Crippen LogP contribution >= 0.6 is 0 Å². The lowest BCUT2D eigenvalue weighted by Crippen LogP contribution is -1.96. The van der Waals surface area contributed by atoms with Crippen LogP contribution in [0.4, 0.5) is 0 Å². The molecule has 0 fully saturated rings. The summed E-state index contributed by atoms with van der Waals surface area (Å²) in [7, 11) is 1.79. The van der Waals surface area contributed by atoms with Gasteiger partial charge < -0.3 is 9.67 Å². The van der Waals surface area contributed by atoms with Crippen molar-refractivity contribution in [1.82, 2.24) is 9.55 Å². The Labute approximate surface area is 64.5 Å². The number of aromatic carboxylic acids is 1. The molecule has 0 saturated heterocycles. The molecular formula is C7H10N2O2. The van der Waals surface area contributed by atoms with Crippen molar-refractivity contribution in [2.75, 3.05) is 0 Å². The lowest BCUT2D eigenvalue weighted by molar-refractivity contribution is 0.0691. The predicted octanol–water partition coefficient (Wildman–Crippen LogP) is 0.681. The maximum Gasteiger partial charge on any atom is 0.356 e. The molecular weight excluding hydrogens is 144 g/mol. The maximum atomic E-state index is 10.4. The number of hydrogen-bond acceptors (Lipinski definition) is 2. The van der Waals surface area contributed by atoms with E-state index in [9.17, 15) is 4.79 Å². The first kappa shape index (κ1) is 7.78. The van der Waals surface area contributed by atoms with Crippen molar-refractivity contribution < 1.29 is 9.90 Å². The van der Waals surface area contributed by atoms with Crippen molar-refractivity contribution >= 4 is 5.97 Å². The Morgan fingerprint density at radius 3 is 2.73 bits per heavy atom. The molecule has 0 amide bonds. The highest BCUT2D eigenvalue weighted by Gasteiger charge is 2.08. The van der Waals surface area contributed by atoms with E-state index in [0.29, 0.717) is 0 Å². The summed E-state index contributed by atoms with van der Waals surface area (Å²) in [5, 5.41) is 8.54. The van der Waals surface area contributed by atoms with Crippen LogP contribution in [0.5, 0.6) is 0 Å². The molecule has 11 heavy (non-hydrogen) atoms. The Balaban J connectivity index is 3.05. The second-order valence-electron chi connectivity index (χ2n) is 2.31. The molecule has 0 aliphatic rings. The Bertz CT molecular complexity index is 278. The minimum atomic E-state index is -0.972. The van der Waals surface area contributed by atoms with Gasteiger partial charge in [0.15, 0.2) is 5.69 Å². The van der Waals surface area contributed by atoms with Crippen LogP contribution in [0.3, 0.4) is 0 Å².